The Kier molecular flexibility index (Phi) is 4.73. The number of hydrogen-bond acceptors (Lipinski definition) is 5. The first kappa shape index (κ1) is 16.8. The normalized spacial score (nSPS) is 28.7. The van der Waals surface area contributed by atoms with Gasteiger partial charge >= 0.3 is 0 Å². The third kappa shape index (κ3) is 3.57. The molecule has 1 saturated heterocycles. The molecule has 2 aliphatic rings. The highest BCUT2D eigenvalue weighted by atomic mass is 79.9. The van der Waals surface area contributed by atoms with Crippen molar-refractivity contribution in [1.82, 2.24) is 15.2 Å². The topological polar surface area (TPSA) is 66.5 Å². The Morgan fingerprint density at radius 2 is 2.30 bits per heavy atom. The van der Waals surface area contributed by atoms with Gasteiger partial charge in [0.2, 0.25) is 5.91 Å². The average Bonchev–Trinajstić information content (AvgIpc) is 3.00. The second kappa shape index (κ2) is 6.47. The van der Waals surface area contributed by atoms with Crippen LogP contribution in [0.4, 0.5) is 5.82 Å². The maximum atomic E-state index is 12.6. The fraction of sp³-hybridized carbons (Fsp3) is 0.625. The van der Waals surface area contributed by atoms with Gasteiger partial charge in [0.05, 0.1) is 12.6 Å². The molecule has 1 aliphatic heterocycles. The average molecular weight is 383 g/mol. The van der Waals surface area contributed by atoms with E-state index < -0.39 is 0 Å². The van der Waals surface area contributed by atoms with E-state index in [4.69, 9.17) is 4.74 Å². The van der Waals surface area contributed by atoms with E-state index in [1.165, 1.54) is 6.42 Å². The van der Waals surface area contributed by atoms with Crippen molar-refractivity contribution in [1.29, 1.82) is 0 Å². The van der Waals surface area contributed by atoms with Gasteiger partial charge < -0.3 is 20.3 Å². The zero-order valence-corrected chi connectivity index (χ0v) is 15.3. The smallest absolute Gasteiger partial charge is 0.242 e. The number of ether oxygens (including phenoxy) is 1. The van der Waals surface area contributed by atoms with Gasteiger partial charge in [-0.2, -0.15) is 0 Å². The van der Waals surface area contributed by atoms with Crippen LogP contribution < -0.4 is 10.6 Å². The van der Waals surface area contributed by atoms with Crippen molar-refractivity contribution in [3.63, 3.8) is 0 Å². The molecule has 0 radical (unpaired) electrons. The number of fused-ring (bicyclic) bond motifs is 1. The van der Waals surface area contributed by atoms with Crippen molar-refractivity contribution in [2.75, 3.05) is 33.1 Å². The number of carbonyl (C=O) groups excluding carboxylic acids is 1. The number of anilines is 1. The van der Waals surface area contributed by atoms with E-state index in [2.05, 4.69) is 50.5 Å². The van der Waals surface area contributed by atoms with Crippen molar-refractivity contribution in [3.05, 3.63) is 22.3 Å². The number of pyridine rings is 1. The summed E-state index contributed by atoms with van der Waals surface area (Å²) in [5.41, 5.74) is 1.14. The molecule has 2 N–H and O–H groups in total. The minimum atomic E-state index is -0.148. The van der Waals surface area contributed by atoms with Gasteiger partial charge in [-0.25, -0.2) is 4.98 Å². The summed E-state index contributed by atoms with van der Waals surface area (Å²) in [6.45, 7) is 1.44. The molecule has 1 aromatic heterocycles. The summed E-state index contributed by atoms with van der Waals surface area (Å²) in [5.74, 6) is 0.550. The molecular formula is C16H23BrN4O2. The van der Waals surface area contributed by atoms with E-state index in [-0.39, 0.29) is 17.4 Å². The quantitative estimate of drug-likeness (QED) is 0.731. The molecule has 2 heterocycles. The largest absolute Gasteiger partial charge is 0.380 e. The predicted molar refractivity (Wildman–Crippen MR) is 92.2 cm³/mol. The first-order valence-corrected chi connectivity index (χ1v) is 8.59. The number of halogens is 1. The summed E-state index contributed by atoms with van der Waals surface area (Å²) in [7, 11) is 5.80. The van der Waals surface area contributed by atoms with Crippen molar-refractivity contribution in [2.45, 2.75) is 31.5 Å². The van der Waals surface area contributed by atoms with E-state index in [0.717, 1.165) is 18.5 Å². The molecule has 1 aromatic rings. The number of aromatic nitrogens is 1. The van der Waals surface area contributed by atoms with Crippen LogP contribution in [0.25, 0.3) is 0 Å². The van der Waals surface area contributed by atoms with Crippen LogP contribution in [0.3, 0.4) is 0 Å². The number of nitrogens with one attached hydrogen (secondary N) is 2. The van der Waals surface area contributed by atoms with E-state index >= 15 is 0 Å². The fourth-order valence-corrected chi connectivity index (χ4v) is 3.91. The third-order valence-corrected chi connectivity index (χ3v) is 5.08. The molecule has 3 atom stereocenters. The maximum absolute atomic E-state index is 12.6. The van der Waals surface area contributed by atoms with Crippen LogP contribution in [0.5, 0.6) is 0 Å². The molecule has 1 saturated carbocycles. The van der Waals surface area contributed by atoms with Gasteiger partial charge in [0.25, 0.3) is 0 Å². The summed E-state index contributed by atoms with van der Waals surface area (Å²) in [6.07, 6.45) is 2.05. The second-order valence-corrected chi connectivity index (χ2v) is 7.66. The van der Waals surface area contributed by atoms with Gasteiger partial charge in [0, 0.05) is 30.7 Å². The van der Waals surface area contributed by atoms with Crippen molar-refractivity contribution < 1.29 is 9.53 Å². The van der Waals surface area contributed by atoms with Crippen LogP contribution in [0, 0.1) is 5.41 Å². The SMILES string of the molecule is COCc1ccc(Br)nc1NC(=O)C1CC2(CN(C)C)CC2N1. The Hall–Kier alpha value is -1.02. The number of nitrogens with zero attached hydrogens (tertiary/aromatic N) is 2. The highest BCUT2D eigenvalue weighted by Crippen LogP contribution is 2.54. The lowest BCUT2D eigenvalue weighted by Crippen LogP contribution is -2.38. The molecule has 3 unspecified atom stereocenters. The molecule has 2 fully saturated rings. The standard InChI is InChI=1S/C16H23BrN4O2/c1-21(2)9-16-6-11(18-12(16)7-16)15(22)20-14-10(8-23-3)4-5-13(17)19-14/h4-5,11-12,18H,6-9H2,1-3H3,(H,19,20,22). The Labute approximate surface area is 145 Å². The fourth-order valence-electron chi connectivity index (χ4n) is 3.60. The van der Waals surface area contributed by atoms with Gasteiger partial charge in [-0.05, 0) is 48.9 Å². The first-order chi connectivity index (χ1) is 10.9. The summed E-state index contributed by atoms with van der Waals surface area (Å²) < 4.78 is 5.87. The first-order valence-electron chi connectivity index (χ1n) is 7.79. The lowest BCUT2D eigenvalue weighted by atomic mass is 9.99. The summed E-state index contributed by atoms with van der Waals surface area (Å²) >= 11 is 3.35. The summed E-state index contributed by atoms with van der Waals surface area (Å²) in [4.78, 5) is 19.2. The van der Waals surface area contributed by atoms with Crippen LogP contribution >= 0.6 is 15.9 Å². The van der Waals surface area contributed by atoms with Crippen molar-refractivity contribution >= 4 is 27.7 Å². The van der Waals surface area contributed by atoms with Gasteiger partial charge in [0.15, 0.2) is 0 Å². The highest BCUT2D eigenvalue weighted by Gasteiger charge is 2.61. The molecule has 0 aromatic carbocycles. The molecule has 1 amide bonds. The molecule has 1 aliphatic carbocycles. The number of rotatable bonds is 6. The summed E-state index contributed by atoms with van der Waals surface area (Å²) in [5, 5.41) is 6.40. The number of methoxy groups -OCH3 is 1. The minimum absolute atomic E-state index is 0.0155. The lowest BCUT2D eigenvalue weighted by molar-refractivity contribution is -0.118. The van der Waals surface area contributed by atoms with Crippen molar-refractivity contribution in [2.24, 2.45) is 5.41 Å². The molecule has 23 heavy (non-hydrogen) atoms. The van der Waals surface area contributed by atoms with E-state index in [0.29, 0.717) is 23.1 Å². The maximum Gasteiger partial charge on any atom is 0.242 e. The molecule has 0 spiro atoms. The van der Waals surface area contributed by atoms with Gasteiger partial charge in [0.1, 0.15) is 10.4 Å². The number of piperidine rings is 1. The Morgan fingerprint density at radius 3 is 3.00 bits per heavy atom. The summed E-state index contributed by atoms with van der Waals surface area (Å²) in [6, 6.07) is 4.07. The van der Waals surface area contributed by atoms with E-state index in [1.54, 1.807) is 7.11 Å². The number of amides is 1. The van der Waals surface area contributed by atoms with Crippen LogP contribution in [0.2, 0.25) is 0 Å². The van der Waals surface area contributed by atoms with Crippen LogP contribution in [-0.4, -0.2) is 55.6 Å². The second-order valence-electron chi connectivity index (χ2n) is 6.84. The van der Waals surface area contributed by atoms with Gasteiger partial charge in [-0.1, -0.05) is 6.07 Å². The predicted octanol–water partition coefficient (Wildman–Crippen LogP) is 1.61. The third-order valence-electron chi connectivity index (χ3n) is 4.64. The van der Waals surface area contributed by atoms with Crippen LogP contribution in [0.15, 0.2) is 16.7 Å². The lowest BCUT2D eigenvalue weighted by Gasteiger charge is -2.19. The van der Waals surface area contributed by atoms with Crippen molar-refractivity contribution in [3.8, 4) is 0 Å². The molecule has 6 nitrogen and oxygen atoms in total. The molecule has 126 valence electrons. The Morgan fingerprint density at radius 1 is 1.52 bits per heavy atom. The van der Waals surface area contributed by atoms with Crippen LogP contribution in [-0.2, 0) is 16.1 Å². The zero-order valence-electron chi connectivity index (χ0n) is 13.7. The monoisotopic (exact) mass is 382 g/mol. The molecule has 7 heteroatoms. The Balaban J connectivity index is 1.66. The number of hydrogen-bond donors (Lipinski definition) is 2. The molecule has 3 rings (SSSR count). The van der Waals surface area contributed by atoms with E-state index in [9.17, 15) is 4.79 Å². The van der Waals surface area contributed by atoms with Gasteiger partial charge in [-0.3, -0.25) is 4.79 Å². The Bertz CT molecular complexity index is 610. The highest BCUT2D eigenvalue weighted by molar-refractivity contribution is 9.10. The molecule has 0 bridgehead atoms. The zero-order chi connectivity index (χ0) is 16.6. The van der Waals surface area contributed by atoms with Gasteiger partial charge in [-0.15, -0.1) is 0 Å². The van der Waals surface area contributed by atoms with Crippen LogP contribution in [0.1, 0.15) is 18.4 Å². The molecular weight excluding hydrogens is 360 g/mol. The minimum Gasteiger partial charge on any atom is -0.380 e. The number of carbonyl (C=O) groups is 1. The van der Waals surface area contributed by atoms with E-state index in [1.807, 2.05) is 12.1 Å².